The van der Waals surface area contributed by atoms with Gasteiger partial charge in [-0.05, 0) is 18.2 Å². The molecule has 0 atom stereocenters. The summed E-state index contributed by atoms with van der Waals surface area (Å²) in [5.41, 5.74) is 2.45. The van der Waals surface area contributed by atoms with Gasteiger partial charge in [-0.15, -0.1) is 0 Å². The van der Waals surface area contributed by atoms with Crippen molar-refractivity contribution in [3.63, 3.8) is 0 Å². The van der Waals surface area contributed by atoms with E-state index in [1.165, 1.54) is 4.90 Å². The van der Waals surface area contributed by atoms with Crippen LogP contribution in [-0.4, -0.2) is 30.4 Å². The summed E-state index contributed by atoms with van der Waals surface area (Å²) in [5, 5.41) is 5.70. The van der Waals surface area contributed by atoms with Crippen LogP contribution < -0.4 is 15.5 Å². The van der Waals surface area contributed by atoms with Gasteiger partial charge in [0.2, 0.25) is 5.91 Å². The summed E-state index contributed by atoms with van der Waals surface area (Å²) < 4.78 is 0. The van der Waals surface area contributed by atoms with Crippen molar-refractivity contribution in [1.29, 1.82) is 0 Å². The summed E-state index contributed by atoms with van der Waals surface area (Å²) in [6.07, 6.45) is 3.15. The Bertz CT molecular complexity index is 714. The molecular weight excluding hydrogens is 268 g/mol. The van der Waals surface area contributed by atoms with Gasteiger partial charge in [-0.1, -0.05) is 12.1 Å². The molecule has 0 unspecified atom stereocenters. The Kier molecular flexibility index (Phi) is 3.27. The summed E-state index contributed by atoms with van der Waals surface area (Å²) in [4.78, 5) is 30.0. The number of aromatic nitrogens is 1. The highest BCUT2D eigenvalue weighted by molar-refractivity contribution is 6.16. The summed E-state index contributed by atoms with van der Waals surface area (Å²) >= 11 is 0. The zero-order chi connectivity index (χ0) is 14.8. The zero-order valence-corrected chi connectivity index (χ0v) is 11.5. The number of benzene rings is 1. The fraction of sp³-hybridized carbons (Fsp3) is 0.133. The van der Waals surface area contributed by atoms with Crippen LogP contribution in [0.3, 0.4) is 0 Å². The third kappa shape index (κ3) is 2.31. The summed E-state index contributed by atoms with van der Waals surface area (Å²) in [7, 11) is 1.73. The molecule has 0 spiro atoms. The van der Waals surface area contributed by atoms with Crippen LogP contribution >= 0.6 is 0 Å². The zero-order valence-electron chi connectivity index (χ0n) is 11.5. The Balaban J connectivity index is 2.04. The third-order valence-electron chi connectivity index (χ3n) is 3.34. The van der Waals surface area contributed by atoms with Crippen LogP contribution in [0.2, 0.25) is 0 Å². The molecule has 1 aliphatic heterocycles. The highest BCUT2D eigenvalue weighted by atomic mass is 16.2. The van der Waals surface area contributed by atoms with Gasteiger partial charge in [0.05, 0.1) is 28.8 Å². The summed E-state index contributed by atoms with van der Waals surface area (Å²) in [6.45, 7) is 0.00131. The minimum Gasteiger partial charge on any atom is -0.386 e. The third-order valence-corrected chi connectivity index (χ3v) is 3.34. The van der Waals surface area contributed by atoms with Gasteiger partial charge >= 0.3 is 0 Å². The second kappa shape index (κ2) is 5.24. The van der Waals surface area contributed by atoms with Crippen LogP contribution in [0.25, 0.3) is 0 Å². The van der Waals surface area contributed by atoms with Gasteiger partial charge in [0, 0.05) is 13.2 Å². The van der Waals surface area contributed by atoms with Gasteiger partial charge in [0.1, 0.15) is 6.54 Å². The van der Waals surface area contributed by atoms with E-state index in [1.54, 1.807) is 31.6 Å². The van der Waals surface area contributed by atoms with Crippen molar-refractivity contribution in [3.8, 4) is 0 Å². The topological polar surface area (TPSA) is 74.3 Å². The lowest BCUT2D eigenvalue weighted by Gasteiger charge is -2.29. The van der Waals surface area contributed by atoms with Gasteiger partial charge in [-0.2, -0.15) is 0 Å². The van der Waals surface area contributed by atoms with Crippen LogP contribution in [0.1, 0.15) is 10.4 Å². The minimum absolute atomic E-state index is 0.00131. The van der Waals surface area contributed by atoms with Crippen molar-refractivity contribution in [2.75, 3.05) is 29.1 Å². The van der Waals surface area contributed by atoms with Crippen LogP contribution in [0.4, 0.5) is 17.1 Å². The maximum Gasteiger partial charge on any atom is 0.261 e. The van der Waals surface area contributed by atoms with Gasteiger partial charge in [-0.25, -0.2) is 0 Å². The van der Waals surface area contributed by atoms with E-state index in [2.05, 4.69) is 15.6 Å². The van der Waals surface area contributed by atoms with Crippen LogP contribution in [0, 0.1) is 0 Å². The molecule has 1 aliphatic rings. The lowest BCUT2D eigenvalue weighted by atomic mass is 10.1. The van der Waals surface area contributed by atoms with Gasteiger partial charge in [-0.3, -0.25) is 19.5 Å². The molecule has 21 heavy (non-hydrogen) atoms. The number of amides is 2. The van der Waals surface area contributed by atoms with Crippen molar-refractivity contribution in [3.05, 3.63) is 48.3 Å². The predicted molar refractivity (Wildman–Crippen MR) is 80.5 cm³/mol. The quantitative estimate of drug-likeness (QED) is 0.879. The number of hydrogen-bond donors (Lipinski definition) is 2. The number of carbonyl (C=O) groups excluding carboxylic acids is 2. The Morgan fingerprint density at radius 3 is 2.95 bits per heavy atom. The smallest absolute Gasteiger partial charge is 0.261 e. The summed E-state index contributed by atoms with van der Waals surface area (Å²) in [5.74, 6) is -0.439. The Labute approximate surface area is 121 Å². The van der Waals surface area contributed by atoms with Crippen LogP contribution in [0.5, 0.6) is 0 Å². The van der Waals surface area contributed by atoms with E-state index in [-0.39, 0.29) is 18.4 Å². The molecule has 0 saturated carbocycles. The van der Waals surface area contributed by atoms with Gasteiger partial charge in [0.15, 0.2) is 0 Å². The summed E-state index contributed by atoms with van der Waals surface area (Å²) in [6, 6.07) is 8.88. The predicted octanol–water partition coefficient (Wildman–Crippen LogP) is 1.72. The van der Waals surface area contributed by atoms with E-state index in [0.717, 1.165) is 0 Å². The standard InChI is InChI=1S/C15H14N4O2/c1-16-12-8-17-7-6-10(12)15(21)19-9-14(20)18-11-4-2-3-5-13(11)19/h2-8,16H,9H2,1H3,(H,18,20). The molecule has 2 heterocycles. The molecule has 0 fully saturated rings. The SMILES string of the molecule is CNc1cnccc1C(=O)N1CC(=O)Nc2ccccc21. The Hall–Kier alpha value is -2.89. The number of rotatable bonds is 2. The number of para-hydroxylation sites is 2. The number of anilines is 3. The van der Waals surface area contributed by atoms with E-state index in [9.17, 15) is 9.59 Å². The molecule has 0 aliphatic carbocycles. The molecular formula is C15H14N4O2. The molecule has 1 aromatic carbocycles. The van der Waals surface area contributed by atoms with Gasteiger partial charge < -0.3 is 10.6 Å². The fourth-order valence-electron chi connectivity index (χ4n) is 2.34. The molecule has 0 radical (unpaired) electrons. The lowest BCUT2D eigenvalue weighted by molar-refractivity contribution is -0.115. The number of hydrogen-bond acceptors (Lipinski definition) is 4. The largest absolute Gasteiger partial charge is 0.386 e. The molecule has 3 rings (SSSR count). The average Bonchev–Trinajstić information content (AvgIpc) is 2.53. The number of carbonyl (C=O) groups is 2. The lowest BCUT2D eigenvalue weighted by Crippen LogP contribution is -2.42. The number of nitrogens with zero attached hydrogens (tertiary/aromatic N) is 2. The van der Waals surface area contributed by atoms with Crippen molar-refractivity contribution in [2.24, 2.45) is 0 Å². The van der Waals surface area contributed by atoms with E-state index < -0.39 is 0 Å². The van der Waals surface area contributed by atoms with Crippen molar-refractivity contribution >= 4 is 28.9 Å². The molecule has 106 valence electrons. The molecule has 6 nitrogen and oxygen atoms in total. The molecule has 6 heteroatoms. The van der Waals surface area contributed by atoms with E-state index in [1.807, 2.05) is 18.2 Å². The molecule has 1 aromatic heterocycles. The normalized spacial score (nSPS) is 13.4. The van der Waals surface area contributed by atoms with E-state index in [4.69, 9.17) is 0 Å². The first-order valence-electron chi connectivity index (χ1n) is 6.53. The highest BCUT2D eigenvalue weighted by Gasteiger charge is 2.28. The van der Waals surface area contributed by atoms with Gasteiger partial charge in [0.25, 0.3) is 5.91 Å². The monoisotopic (exact) mass is 282 g/mol. The number of nitrogens with one attached hydrogen (secondary N) is 2. The second-order valence-corrected chi connectivity index (χ2v) is 4.63. The maximum atomic E-state index is 12.8. The van der Waals surface area contributed by atoms with Crippen LogP contribution in [0.15, 0.2) is 42.7 Å². The maximum absolute atomic E-state index is 12.8. The fourth-order valence-corrected chi connectivity index (χ4v) is 2.34. The van der Waals surface area contributed by atoms with Crippen LogP contribution in [-0.2, 0) is 4.79 Å². The first-order chi connectivity index (χ1) is 10.2. The van der Waals surface area contributed by atoms with Crippen molar-refractivity contribution in [2.45, 2.75) is 0 Å². The average molecular weight is 282 g/mol. The highest BCUT2D eigenvalue weighted by Crippen LogP contribution is 2.30. The molecule has 0 saturated heterocycles. The Morgan fingerprint density at radius 2 is 2.14 bits per heavy atom. The molecule has 2 amide bonds. The van der Waals surface area contributed by atoms with E-state index >= 15 is 0 Å². The first kappa shape index (κ1) is 13.1. The number of fused-ring (bicyclic) bond motifs is 1. The Morgan fingerprint density at radius 1 is 1.33 bits per heavy atom. The minimum atomic E-state index is -0.232. The van der Waals surface area contributed by atoms with Crippen molar-refractivity contribution in [1.82, 2.24) is 4.98 Å². The molecule has 2 N–H and O–H groups in total. The van der Waals surface area contributed by atoms with Crippen molar-refractivity contribution < 1.29 is 9.59 Å². The molecule has 2 aromatic rings. The second-order valence-electron chi connectivity index (χ2n) is 4.63. The molecule has 0 bridgehead atoms. The van der Waals surface area contributed by atoms with E-state index in [0.29, 0.717) is 22.6 Å². The number of pyridine rings is 1. The first-order valence-corrected chi connectivity index (χ1v) is 6.53.